The van der Waals surface area contributed by atoms with Gasteiger partial charge in [0.05, 0.1) is 16.4 Å². The summed E-state index contributed by atoms with van der Waals surface area (Å²) in [5.41, 5.74) is 0.226. The van der Waals surface area contributed by atoms with Gasteiger partial charge in [-0.2, -0.15) is 0 Å². The van der Waals surface area contributed by atoms with Crippen molar-refractivity contribution in [1.82, 2.24) is 4.90 Å². The van der Waals surface area contributed by atoms with E-state index >= 15 is 0 Å². The SMILES string of the molecule is CC(CN(C)C(=O)c1ccc([N+](=O)[O-])cc1I)C(=O)O. The van der Waals surface area contributed by atoms with Gasteiger partial charge in [0.2, 0.25) is 0 Å². The van der Waals surface area contributed by atoms with Gasteiger partial charge in [0.1, 0.15) is 0 Å². The molecule has 0 aliphatic carbocycles. The van der Waals surface area contributed by atoms with Gasteiger partial charge in [-0.3, -0.25) is 19.7 Å². The van der Waals surface area contributed by atoms with Crippen LogP contribution in [0.3, 0.4) is 0 Å². The van der Waals surface area contributed by atoms with E-state index in [0.717, 1.165) is 0 Å². The molecule has 108 valence electrons. The second kappa shape index (κ2) is 6.64. The Balaban J connectivity index is 2.92. The number of nitro groups is 1. The molecule has 0 spiro atoms. The molecular weight excluding hydrogens is 379 g/mol. The Morgan fingerprint density at radius 2 is 2.10 bits per heavy atom. The maximum absolute atomic E-state index is 12.2. The van der Waals surface area contributed by atoms with Gasteiger partial charge < -0.3 is 10.0 Å². The molecule has 7 nitrogen and oxygen atoms in total. The second-order valence-corrected chi connectivity index (χ2v) is 5.51. The number of aliphatic carboxylic acids is 1. The molecule has 0 saturated heterocycles. The normalized spacial score (nSPS) is 11.8. The van der Waals surface area contributed by atoms with E-state index < -0.39 is 16.8 Å². The number of hydrogen-bond donors (Lipinski definition) is 1. The lowest BCUT2D eigenvalue weighted by Crippen LogP contribution is -2.34. The van der Waals surface area contributed by atoms with Crippen LogP contribution in [0.4, 0.5) is 5.69 Å². The van der Waals surface area contributed by atoms with Gasteiger partial charge in [-0.05, 0) is 28.7 Å². The van der Waals surface area contributed by atoms with Crippen LogP contribution in [-0.4, -0.2) is 40.4 Å². The summed E-state index contributed by atoms with van der Waals surface area (Å²) in [4.78, 5) is 34.3. The lowest BCUT2D eigenvalue weighted by Gasteiger charge is -2.20. The fraction of sp³-hybridized carbons (Fsp3) is 0.333. The van der Waals surface area contributed by atoms with Crippen molar-refractivity contribution in [1.29, 1.82) is 0 Å². The molecule has 0 saturated carbocycles. The number of amides is 1. The van der Waals surface area contributed by atoms with Crippen LogP contribution in [0.15, 0.2) is 18.2 Å². The molecule has 8 heteroatoms. The number of benzene rings is 1. The Kier molecular flexibility index (Phi) is 5.43. The fourth-order valence-electron chi connectivity index (χ4n) is 1.57. The van der Waals surface area contributed by atoms with E-state index in [9.17, 15) is 19.7 Å². The highest BCUT2D eigenvalue weighted by atomic mass is 127. The summed E-state index contributed by atoms with van der Waals surface area (Å²) in [5.74, 6) is -2.03. The Labute approximate surface area is 128 Å². The standard InChI is InChI=1S/C12H13IN2O5/c1-7(12(17)18)6-14(2)11(16)9-4-3-8(15(19)20)5-10(9)13/h3-5,7H,6H2,1-2H3,(H,17,18). The van der Waals surface area contributed by atoms with Crippen molar-refractivity contribution in [3.8, 4) is 0 Å². The number of nitro benzene ring substituents is 1. The Hall–Kier alpha value is -1.71. The van der Waals surface area contributed by atoms with Crippen LogP contribution in [0.25, 0.3) is 0 Å². The van der Waals surface area contributed by atoms with Crippen molar-refractivity contribution in [2.24, 2.45) is 5.92 Å². The monoisotopic (exact) mass is 392 g/mol. The van der Waals surface area contributed by atoms with Crippen molar-refractivity contribution in [2.75, 3.05) is 13.6 Å². The van der Waals surface area contributed by atoms with E-state index in [-0.39, 0.29) is 18.1 Å². The highest BCUT2D eigenvalue weighted by Gasteiger charge is 2.21. The number of rotatable bonds is 5. The van der Waals surface area contributed by atoms with Gasteiger partial charge >= 0.3 is 5.97 Å². The van der Waals surface area contributed by atoms with Crippen LogP contribution >= 0.6 is 22.6 Å². The van der Waals surface area contributed by atoms with Crippen LogP contribution in [0.5, 0.6) is 0 Å². The number of carboxylic acid groups (broad SMARTS) is 1. The molecule has 0 radical (unpaired) electrons. The minimum Gasteiger partial charge on any atom is -0.481 e. The lowest BCUT2D eigenvalue weighted by molar-refractivity contribution is -0.384. The van der Waals surface area contributed by atoms with E-state index in [4.69, 9.17) is 5.11 Å². The molecule has 1 atom stereocenters. The molecule has 0 fully saturated rings. The van der Waals surface area contributed by atoms with Crippen LogP contribution in [0.1, 0.15) is 17.3 Å². The number of carbonyl (C=O) groups excluding carboxylic acids is 1. The molecular formula is C12H13IN2O5. The highest BCUT2D eigenvalue weighted by molar-refractivity contribution is 14.1. The molecule has 1 rings (SSSR count). The number of carboxylic acids is 1. The summed E-state index contributed by atoms with van der Waals surface area (Å²) in [7, 11) is 1.50. The van der Waals surface area contributed by atoms with Crippen LogP contribution in [0.2, 0.25) is 0 Å². The number of halogens is 1. The van der Waals surface area contributed by atoms with E-state index in [1.165, 1.54) is 37.1 Å². The van der Waals surface area contributed by atoms with Gasteiger partial charge in [-0.15, -0.1) is 0 Å². The van der Waals surface area contributed by atoms with Crippen molar-refractivity contribution in [3.63, 3.8) is 0 Å². The smallest absolute Gasteiger partial charge is 0.308 e. The van der Waals surface area contributed by atoms with Gasteiger partial charge in [0.25, 0.3) is 11.6 Å². The summed E-state index contributed by atoms with van der Waals surface area (Å²) in [5, 5.41) is 19.5. The van der Waals surface area contributed by atoms with E-state index in [2.05, 4.69) is 0 Å². The molecule has 20 heavy (non-hydrogen) atoms. The van der Waals surface area contributed by atoms with E-state index in [1.807, 2.05) is 22.6 Å². The molecule has 1 aromatic carbocycles. The Morgan fingerprint density at radius 3 is 2.55 bits per heavy atom. The maximum atomic E-state index is 12.2. The molecule has 0 heterocycles. The van der Waals surface area contributed by atoms with Crippen LogP contribution < -0.4 is 0 Å². The highest BCUT2D eigenvalue weighted by Crippen LogP contribution is 2.21. The fourth-order valence-corrected chi connectivity index (χ4v) is 2.30. The first kappa shape index (κ1) is 16.3. The topological polar surface area (TPSA) is 101 Å². The lowest BCUT2D eigenvalue weighted by atomic mass is 10.1. The van der Waals surface area contributed by atoms with Crippen molar-refractivity contribution in [2.45, 2.75) is 6.92 Å². The summed E-state index contributed by atoms with van der Waals surface area (Å²) < 4.78 is 0.455. The summed E-state index contributed by atoms with van der Waals surface area (Å²) in [6, 6.07) is 3.94. The minimum atomic E-state index is -0.983. The predicted molar refractivity (Wildman–Crippen MR) is 79.6 cm³/mol. The Bertz CT molecular complexity index is 561. The van der Waals surface area contributed by atoms with E-state index in [0.29, 0.717) is 9.13 Å². The van der Waals surface area contributed by atoms with Gasteiger partial charge in [0, 0.05) is 29.3 Å². The molecule has 1 aromatic rings. The second-order valence-electron chi connectivity index (χ2n) is 4.35. The first-order valence-electron chi connectivity index (χ1n) is 5.66. The zero-order valence-electron chi connectivity index (χ0n) is 10.9. The average molecular weight is 392 g/mol. The first-order chi connectivity index (χ1) is 9.23. The van der Waals surface area contributed by atoms with Crippen molar-refractivity contribution < 1.29 is 19.6 Å². The third kappa shape index (κ3) is 3.89. The van der Waals surface area contributed by atoms with Gasteiger partial charge in [-0.25, -0.2) is 0 Å². The summed E-state index contributed by atoms with van der Waals surface area (Å²) in [6.07, 6.45) is 0. The van der Waals surface area contributed by atoms with E-state index in [1.54, 1.807) is 0 Å². The molecule has 0 aliphatic heterocycles. The van der Waals surface area contributed by atoms with Crippen LogP contribution in [0, 0.1) is 19.6 Å². The Morgan fingerprint density at radius 1 is 1.50 bits per heavy atom. The maximum Gasteiger partial charge on any atom is 0.308 e. The molecule has 1 unspecified atom stereocenters. The third-order valence-corrected chi connectivity index (χ3v) is 3.60. The zero-order valence-corrected chi connectivity index (χ0v) is 13.0. The van der Waals surface area contributed by atoms with Gasteiger partial charge in [-0.1, -0.05) is 6.92 Å². The van der Waals surface area contributed by atoms with Gasteiger partial charge in [0.15, 0.2) is 0 Å². The molecule has 1 amide bonds. The molecule has 0 aromatic heterocycles. The van der Waals surface area contributed by atoms with Crippen molar-refractivity contribution in [3.05, 3.63) is 37.4 Å². The number of carbonyl (C=O) groups is 2. The quantitative estimate of drug-likeness (QED) is 0.469. The largest absolute Gasteiger partial charge is 0.481 e. The molecule has 1 N–H and O–H groups in total. The van der Waals surface area contributed by atoms with Crippen molar-refractivity contribution >= 4 is 40.2 Å². The number of nitrogens with zero attached hydrogens (tertiary/aromatic N) is 2. The number of non-ortho nitro benzene ring substituents is 1. The molecule has 0 aliphatic rings. The third-order valence-electron chi connectivity index (χ3n) is 2.71. The first-order valence-corrected chi connectivity index (χ1v) is 6.74. The molecule has 0 bridgehead atoms. The van der Waals surface area contributed by atoms with Crippen LogP contribution in [-0.2, 0) is 4.79 Å². The zero-order chi connectivity index (χ0) is 15.4. The summed E-state index contributed by atoms with van der Waals surface area (Å²) in [6.45, 7) is 1.58. The number of hydrogen-bond acceptors (Lipinski definition) is 4. The predicted octanol–water partition coefficient (Wildman–Crippen LogP) is 1.99. The minimum absolute atomic E-state index is 0.0707. The summed E-state index contributed by atoms with van der Waals surface area (Å²) >= 11 is 1.85. The average Bonchev–Trinajstić information content (AvgIpc) is 2.37.